The minimum atomic E-state index is -0.0830. The Hall–Kier alpha value is -3.41. The Balaban J connectivity index is 1.50. The van der Waals surface area contributed by atoms with Crippen LogP contribution in [0.5, 0.6) is 5.75 Å². The molecule has 6 nitrogen and oxygen atoms in total. The molecule has 0 saturated carbocycles. The molecule has 27 heavy (non-hydrogen) atoms. The van der Waals surface area contributed by atoms with Crippen LogP contribution in [-0.4, -0.2) is 22.7 Å². The molecule has 2 aromatic carbocycles. The fourth-order valence-electron chi connectivity index (χ4n) is 2.52. The molecule has 0 aliphatic rings. The summed E-state index contributed by atoms with van der Waals surface area (Å²) in [6, 6.07) is 21.0. The molecule has 2 N–H and O–H groups in total. The highest BCUT2D eigenvalue weighted by Gasteiger charge is 2.05. The minimum Gasteiger partial charge on any atom is -0.494 e. The van der Waals surface area contributed by atoms with E-state index >= 15 is 0 Å². The number of nitrogens with one attached hydrogen (secondary N) is 2. The zero-order valence-corrected chi connectivity index (χ0v) is 15.2. The number of anilines is 3. The molecule has 0 bridgehead atoms. The molecule has 1 heterocycles. The van der Waals surface area contributed by atoms with Crippen LogP contribution in [0.15, 0.2) is 66.7 Å². The number of aryl methyl sites for hydroxylation is 1. The van der Waals surface area contributed by atoms with Crippen molar-refractivity contribution < 1.29 is 9.53 Å². The number of benzene rings is 2. The largest absolute Gasteiger partial charge is 0.494 e. The normalized spacial score (nSPS) is 10.3. The summed E-state index contributed by atoms with van der Waals surface area (Å²) in [5.41, 5.74) is 2.01. The third kappa shape index (κ3) is 5.81. The number of rotatable bonds is 8. The van der Waals surface area contributed by atoms with Gasteiger partial charge in [-0.3, -0.25) is 4.79 Å². The van der Waals surface area contributed by atoms with Crippen LogP contribution in [-0.2, 0) is 11.2 Å². The number of amides is 1. The van der Waals surface area contributed by atoms with Crippen molar-refractivity contribution in [2.45, 2.75) is 19.8 Å². The van der Waals surface area contributed by atoms with E-state index in [1.807, 2.05) is 61.5 Å². The number of hydrogen-bond donors (Lipinski definition) is 2. The summed E-state index contributed by atoms with van der Waals surface area (Å²) in [5.74, 6) is 1.77. The van der Waals surface area contributed by atoms with Gasteiger partial charge in [-0.05, 0) is 55.3 Å². The van der Waals surface area contributed by atoms with Crippen molar-refractivity contribution >= 4 is 23.2 Å². The summed E-state index contributed by atoms with van der Waals surface area (Å²) in [6.45, 7) is 2.58. The fraction of sp³-hybridized carbons (Fsp3) is 0.190. The highest BCUT2D eigenvalue weighted by Crippen LogP contribution is 2.19. The van der Waals surface area contributed by atoms with Crippen LogP contribution in [0.25, 0.3) is 0 Å². The van der Waals surface area contributed by atoms with Gasteiger partial charge in [-0.1, -0.05) is 30.3 Å². The highest BCUT2D eigenvalue weighted by molar-refractivity contribution is 5.89. The topological polar surface area (TPSA) is 76.1 Å². The molecule has 3 rings (SSSR count). The Morgan fingerprint density at radius 2 is 1.63 bits per heavy atom. The lowest BCUT2D eigenvalue weighted by Crippen LogP contribution is -2.14. The second kappa shape index (κ2) is 9.33. The Morgan fingerprint density at radius 3 is 2.30 bits per heavy atom. The quantitative estimate of drug-likeness (QED) is 0.628. The monoisotopic (exact) mass is 362 g/mol. The van der Waals surface area contributed by atoms with E-state index < -0.39 is 0 Å². The summed E-state index contributed by atoms with van der Waals surface area (Å²) in [4.78, 5) is 12.0. The molecule has 0 radical (unpaired) electrons. The lowest BCUT2D eigenvalue weighted by atomic mass is 10.1. The van der Waals surface area contributed by atoms with Crippen molar-refractivity contribution in [2.24, 2.45) is 0 Å². The molecule has 0 fully saturated rings. The predicted octanol–water partition coefficient (Wildman–Crippen LogP) is 4.19. The van der Waals surface area contributed by atoms with Gasteiger partial charge in [0.25, 0.3) is 0 Å². The van der Waals surface area contributed by atoms with Crippen molar-refractivity contribution in [1.82, 2.24) is 10.2 Å². The SMILES string of the molecule is CCOc1ccc(Nc2ccc(NC(=O)CCc3ccccc3)nn2)cc1. The molecule has 0 aliphatic carbocycles. The van der Waals surface area contributed by atoms with Crippen LogP contribution in [0, 0.1) is 0 Å². The maximum absolute atomic E-state index is 12.0. The molecule has 1 aromatic heterocycles. The molecule has 0 unspecified atom stereocenters. The van der Waals surface area contributed by atoms with E-state index in [-0.39, 0.29) is 5.91 Å². The smallest absolute Gasteiger partial charge is 0.225 e. The Kier molecular flexibility index (Phi) is 6.35. The Labute approximate surface area is 158 Å². The van der Waals surface area contributed by atoms with Crippen LogP contribution in [0.4, 0.5) is 17.3 Å². The predicted molar refractivity (Wildman–Crippen MR) is 106 cm³/mol. The number of carbonyl (C=O) groups excluding carboxylic acids is 1. The zero-order chi connectivity index (χ0) is 18.9. The van der Waals surface area contributed by atoms with Crippen LogP contribution in [0.1, 0.15) is 18.9 Å². The van der Waals surface area contributed by atoms with E-state index in [4.69, 9.17) is 4.74 Å². The molecule has 0 atom stereocenters. The van der Waals surface area contributed by atoms with E-state index in [0.717, 1.165) is 17.0 Å². The number of ether oxygens (including phenoxy) is 1. The van der Waals surface area contributed by atoms with Gasteiger partial charge in [-0.25, -0.2) is 0 Å². The summed E-state index contributed by atoms with van der Waals surface area (Å²) in [7, 11) is 0. The van der Waals surface area contributed by atoms with Crippen molar-refractivity contribution in [3.63, 3.8) is 0 Å². The van der Waals surface area contributed by atoms with Gasteiger partial charge in [0.2, 0.25) is 5.91 Å². The third-order valence-corrected chi connectivity index (χ3v) is 3.85. The van der Waals surface area contributed by atoms with E-state index in [1.54, 1.807) is 12.1 Å². The first kappa shape index (κ1) is 18.4. The molecule has 0 saturated heterocycles. The molecule has 0 spiro atoms. The number of hydrogen-bond acceptors (Lipinski definition) is 5. The molecular weight excluding hydrogens is 340 g/mol. The van der Waals surface area contributed by atoms with Crippen molar-refractivity contribution in [3.05, 3.63) is 72.3 Å². The van der Waals surface area contributed by atoms with Gasteiger partial charge >= 0.3 is 0 Å². The first-order chi connectivity index (χ1) is 13.2. The summed E-state index contributed by atoms with van der Waals surface area (Å²) in [5, 5.41) is 14.1. The van der Waals surface area contributed by atoms with Crippen molar-refractivity contribution in [1.29, 1.82) is 0 Å². The fourth-order valence-corrected chi connectivity index (χ4v) is 2.52. The van der Waals surface area contributed by atoms with Crippen LogP contribution in [0.3, 0.4) is 0 Å². The van der Waals surface area contributed by atoms with Crippen LogP contribution in [0.2, 0.25) is 0 Å². The molecule has 6 heteroatoms. The average Bonchev–Trinajstić information content (AvgIpc) is 2.70. The van der Waals surface area contributed by atoms with E-state index in [1.165, 1.54) is 0 Å². The second-order valence-electron chi connectivity index (χ2n) is 5.92. The molecule has 3 aromatic rings. The average molecular weight is 362 g/mol. The number of nitrogens with zero attached hydrogens (tertiary/aromatic N) is 2. The van der Waals surface area contributed by atoms with E-state index in [9.17, 15) is 4.79 Å². The highest BCUT2D eigenvalue weighted by atomic mass is 16.5. The van der Waals surface area contributed by atoms with Crippen LogP contribution < -0.4 is 15.4 Å². The summed E-state index contributed by atoms with van der Waals surface area (Å²) >= 11 is 0. The second-order valence-corrected chi connectivity index (χ2v) is 5.92. The van der Waals surface area contributed by atoms with Gasteiger partial charge in [0, 0.05) is 12.1 Å². The van der Waals surface area contributed by atoms with E-state index in [2.05, 4.69) is 20.8 Å². The lowest BCUT2D eigenvalue weighted by molar-refractivity contribution is -0.116. The maximum atomic E-state index is 12.0. The molecular formula is C21H22N4O2. The van der Waals surface area contributed by atoms with Gasteiger partial charge in [0.1, 0.15) is 5.75 Å². The Morgan fingerprint density at radius 1 is 0.926 bits per heavy atom. The zero-order valence-electron chi connectivity index (χ0n) is 15.2. The van der Waals surface area contributed by atoms with Gasteiger partial charge in [-0.2, -0.15) is 0 Å². The van der Waals surface area contributed by atoms with Crippen molar-refractivity contribution in [3.8, 4) is 5.75 Å². The summed E-state index contributed by atoms with van der Waals surface area (Å²) in [6.07, 6.45) is 1.09. The lowest BCUT2D eigenvalue weighted by Gasteiger charge is -2.08. The van der Waals surface area contributed by atoms with Gasteiger partial charge in [0.05, 0.1) is 6.61 Å². The first-order valence-corrected chi connectivity index (χ1v) is 8.90. The van der Waals surface area contributed by atoms with Crippen LogP contribution >= 0.6 is 0 Å². The maximum Gasteiger partial charge on any atom is 0.225 e. The molecule has 1 amide bonds. The third-order valence-electron chi connectivity index (χ3n) is 3.85. The van der Waals surface area contributed by atoms with Gasteiger partial charge in [-0.15, -0.1) is 10.2 Å². The van der Waals surface area contributed by atoms with Gasteiger partial charge < -0.3 is 15.4 Å². The summed E-state index contributed by atoms with van der Waals surface area (Å²) < 4.78 is 5.42. The molecule has 0 aliphatic heterocycles. The standard InChI is InChI=1S/C21H22N4O2/c1-2-27-18-11-9-17(10-12-18)22-19-13-14-20(25-24-19)23-21(26)15-8-16-6-4-3-5-7-16/h3-7,9-14H,2,8,15H2,1H3,(H,22,24)(H,23,25,26). The molecule has 138 valence electrons. The minimum absolute atomic E-state index is 0.0830. The van der Waals surface area contributed by atoms with E-state index in [0.29, 0.717) is 31.1 Å². The number of carbonyl (C=O) groups is 1. The first-order valence-electron chi connectivity index (χ1n) is 8.90. The number of aromatic nitrogens is 2. The Bertz CT molecular complexity index is 850. The van der Waals surface area contributed by atoms with Crippen molar-refractivity contribution in [2.75, 3.05) is 17.2 Å². The van der Waals surface area contributed by atoms with Gasteiger partial charge in [0.15, 0.2) is 11.6 Å².